The molecule has 0 unspecified atom stereocenters. The summed E-state index contributed by atoms with van der Waals surface area (Å²) in [5.41, 5.74) is 1.52. The van der Waals surface area contributed by atoms with Gasteiger partial charge in [-0.3, -0.25) is 9.59 Å². The maximum absolute atomic E-state index is 11.5. The average molecular weight is 383 g/mol. The second kappa shape index (κ2) is 8.29. The van der Waals surface area contributed by atoms with Gasteiger partial charge in [-0.25, -0.2) is 0 Å². The van der Waals surface area contributed by atoms with Crippen molar-refractivity contribution in [1.29, 1.82) is 0 Å². The summed E-state index contributed by atoms with van der Waals surface area (Å²) in [5, 5.41) is 7.43. The van der Waals surface area contributed by atoms with Crippen LogP contribution in [0.5, 0.6) is 0 Å². The minimum Gasteiger partial charge on any atom is -0.317 e. The topological polar surface area (TPSA) is 58.2 Å². The molecule has 26 heavy (non-hydrogen) atoms. The smallest absolute Gasteiger partial charge is 0.257 e. The van der Waals surface area contributed by atoms with Crippen LogP contribution in [-0.2, 0) is 0 Å². The monoisotopic (exact) mass is 382 g/mol. The lowest BCUT2D eigenvalue weighted by atomic mass is 10.2. The van der Waals surface area contributed by atoms with Gasteiger partial charge in [-0.15, -0.1) is 0 Å². The highest BCUT2D eigenvalue weighted by Crippen LogP contribution is 2.32. The third-order valence-corrected chi connectivity index (χ3v) is 5.97. The third kappa shape index (κ3) is 4.03. The van der Waals surface area contributed by atoms with Crippen LogP contribution in [0.15, 0.2) is 80.5 Å². The second-order valence-electron chi connectivity index (χ2n) is 5.41. The third-order valence-electron chi connectivity index (χ3n) is 3.70. The van der Waals surface area contributed by atoms with Crippen molar-refractivity contribution in [1.82, 2.24) is 10.6 Å². The molecule has 2 aromatic rings. The summed E-state index contributed by atoms with van der Waals surface area (Å²) in [6.07, 6.45) is 3.80. The van der Waals surface area contributed by atoms with E-state index < -0.39 is 0 Å². The van der Waals surface area contributed by atoms with Gasteiger partial charge < -0.3 is 10.6 Å². The zero-order valence-electron chi connectivity index (χ0n) is 14.4. The van der Waals surface area contributed by atoms with E-state index in [0.717, 1.165) is 31.0 Å². The van der Waals surface area contributed by atoms with E-state index in [2.05, 4.69) is 10.6 Å². The Morgan fingerprint density at radius 3 is 1.46 bits per heavy atom. The predicted octanol–water partition coefficient (Wildman–Crippen LogP) is 4.77. The van der Waals surface area contributed by atoms with E-state index in [-0.39, 0.29) is 11.8 Å². The van der Waals surface area contributed by atoms with Crippen molar-refractivity contribution in [3.05, 3.63) is 81.9 Å². The van der Waals surface area contributed by atoms with Gasteiger partial charge in [0.15, 0.2) is 0 Å². The molecule has 0 fully saturated rings. The highest BCUT2D eigenvalue weighted by Gasteiger charge is 2.19. The van der Waals surface area contributed by atoms with E-state index in [1.165, 1.54) is 0 Å². The summed E-state index contributed by atoms with van der Waals surface area (Å²) in [6, 6.07) is 15.2. The first-order chi connectivity index (χ1) is 12.6. The second-order valence-corrected chi connectivity index (χ2v) is 7.58. The molecule has 2 amide bonds. The Morgan fingerprint density at radius 2 is 1.08 bits per heavy atom. The molecular weight excluding hydrogens is 364 g/mol. The maximum atomic E-state index is 11.5. The molecule has 0 saturated heterocycles. The fraction of sp³-hybridized carbons (Fsp3) is 0.100. The van der Waals surface area contributed by atoms with Gasteiger partial charge >= 0.3 is 0 Å². The fourth-order valence-electron chi connectivity index (χ4n) is 2.40. The minimum absolute atomic E-state index is 0.0116. The standard InChI is InChI=1S/2C10H9NOS/c2*1-2-9-11-10(12)7-5-3-4-6-8(7)13-9/h2*2-6H,1H3,(H,11,12)/b2*9-2+. The molecule has 0 atom stereocenters. The Morgan fingerprint density at radius 1 is 0.692 bits per heavy atom. The molecule has 2 N–H and O–H groups in total. The van der Waals surface area contributed by atoms with Gasteiger partial charge in [-0.2, -0.15) is 0 Å². The number of fused-ring (bicyclic) bond motifs is 2. The summed E-state index contributed by atoms with van der Waals surface area (Å²) in [6.45, 7) is 3.83. The van der Waals surface area contributed by atoms with Crippen molar-refractivity contribution in [2.24, 2.45) is 0 Å². The molecule has 4 nitrogen and oxygen atoms in total. The lowest BCUT2D eigenvalue weighted by Gasteiger charge is -2.17. The molecule has 2 aromatic carbocycles. The number of amides is 2. The van der Waals surface area contributed by atoms with E-state index in [9.17, 15) is 9.59 Å². The molecule has 2 aliphatic heterocycles. The van der Waals surface area contributed by atoms with Crippen LogP contribution < -0.4 is 10.6 Å². The van der Waals surface area contributed by atoms with Crippen molar-refractivity contribution in [2.45, 2.75) is 23.6 Å². The zero-order valence-corrected chi connectivity index (χ0v) is 16.0. The van der Waals surface area contributed by atoms with Crippen LogP contribution in [0.2, 0.25) is 0 Å². The molecule has 6 heteroatoms. The summed E-state index contributed by atoms with van der Waals surface area (Å²) in [7, 11) is 0. The number of carbonyl (C=O) groups excluding carboxylic acids is 2. The Hall–Kier alpha value is -2.44. The molecule has 2 aliphatic rings. The normalized spacial score (nSPS) is 18.2. The van der Waals surface area contributed by atoms with Gasteiger partial charge in [-0.05, 0) is 38.1 Å². The average Bonchev–Trinajstić information content (AvgIpc) is 2.68. The minimum atomic E-state index is -0.0116. The van der Waals surface area contributed by atoms with Gasteiger partial charge in [0.1, 0.15) is 0 Å². The molecule has 4 rings (SSSR count). The summed E-state index contributed by atoms with van der Waals surface area (Å²) in [5.74, 6) is -0.0232. The Balaban J connectivity index is 0.000000151. The lowest BCUT2D eigenvalue weighted by molar-refractivity contribution is 0.0956. The molecule has 0 aromatic heterocycles. The van der Waals surface area contributed by atoms with Crippen LogP contribution in [0.1, 0.15) is 34.6 Å². The molecule has 0 bridgehead atoms. The van der Waals surface area contributed by atoms with E-state index in [0.29, 0.717) is 0 Å². The molecule has 0 saturated carbocycles. The number of hydrogen-bond acceptors (Lipinski definition) is 4. The molecule has 0 spiro atoms. The number of nitrogens with one attached hydrogen (secondary N) is 2. The number of rotatable bonds is 0. The number of carbonyl (C=O) groups is 2. The number of thioether (sulfide) groups is 2. The number of benzene rings is 2. The Labute approximate surface area is 161 Å². The molecular formula is C20H18N2O2S2. The fourth-order valence-corrected chi connectivity index (χ4v) is 4.23. The SMILES string of the molecule is C/C=C1\NC(=O)c2ccccc2S1.C/C=C1\NC(=O)c2ccccc2S1. The molecule has 132 valence electrons. The first kappa shape index (κ1) is 18.4. The summed E-state index contributed by atoms with van der Waals surface area (Å²) >= 11 is 3.18. The van der Waals surface area contributed by atoms with Crippen LogP contribution in [0.4, 0.5) is 0 Å². The van der Waals surface area contributed by atoms with Crippen molar-refractivity contribution in [2.75, 3.05) is 0 Å². The van der Waals surface area contributed by atoms with Gasteiger partial charge in [-0.1, -0.05) is 59.9 Å². The largest absolute Gasteiger partial charge is 0.317 e. The first-order valence-electron chi connectivity index (χ1n) is 8.11. The number of hydrogen-bond donors (Lipinski definition) is 2. The van der Waals surface area contributed by atoms with Crippen LogP contribution in [0, 0.1) is 0 Å². The van der Waals surface area contributed by atoms with Crippen molar-refractivity contribution in [3.8, 4) is 0 Å². The summed E-state index contributed by atoms with van der Waals surface area (Å²) in [4.78, 5) is 25.0. The van der Waals surface area contributed by atoms with E-state index in [1.54, 1.807) is 23.5 Å². The van der Waals surface area contributed by atoms with Crippen molar-refractivity contribution >= 4 is 35.3 Å². The van der Waals surface area contributed by atoms with Crippen LogP contribution in [0.25, 0.3) is 0 Å². The molecule has 0 aliphatic carbocycles. The van der Waals surface area contributed by atoms with Gasteiger partial charge in [0.25, 0.3) is 11.8 Å². The molecule has 2 heterocycles. The Bertz CT molecular complexity index is 844. The van der Waals surface area contributed by atoms with Crippen molar-refractivity contribution < 1.29 is 9.59 Å². The van der Waals surface area contributed by atoms with E-state index >= 15 is 0 Å². The lowest BCUT2D eigenvalue weighted by Crippen LogP contribution is -2.25. The molecule has 0 radical (unpaired) electrons. The highest BCUT2D eigenvalue weighted by atomic mass is 32.2. The summed E-state index contributed by atoms with van der Waals surface area (Å²) < 4.78 is 0. The van der Waals surface area contributed by atoms with E-state index in [1.807, 2.05) is 74.5 Å². The van der Waals surface area contributed by atoms with Gasteiger partial charge in [0, 0.05) is 9.79 Å². The van der Waals surface area contributed by atoms with Crippen LogP contribution in [-0.4, -0.2) is 11.8 Å². The van der Waals surface area contributed by atoms with Crippen LogP contribution in [0.3, 0.4) is 0 Å². The predicted molar refractivity (Wildman–Crippen MR) is 107 cm³/mol. The zero-order chi connectivity index (χ0) is 18.5. The van der Waals surface area contributed by atoms with Gasteiger partial charge in [0.05, 0.1) is 21.2 Å². The van der Waals surface area contributed by atoms with Gasteiger partial charge in [0.2, 0.25) is 0 Å². The Kier molecular flexibility index (Phi) is 5.85. The maximum Gasteiger partial charge on any atom is 0.257 e. The highest BCUT2D eigenvalue weighted by molar-refractivity contribution is 8.03. The van der Waals surface area contributed by atoms with Crippen molar-refractivity contribution in [3.63, 3.8) is 0 Å². The number of allylic oxidation sites excluding steroid dienone is 2. The quantitative estimate of drug-likeness (QED) is 0.689. The first-order valence-corrected chi connectivity index (χ1v) is 9.74. The van der Waals surface area contributed by atoms with Crippen LogP contribution >= 0.6 is 23.5 Å². The van der Waals surface area contributed by atoms with E-state index in [4.69, 9.17) is 0 Å².